The third-order valence-electron chi connectivity index (χ3n) is 3.49. The lowest BCUT2D eigenvalue weighted by Gasteiger charge is -2.34. The van der Waals surface area contributed by atoms with Gasteiger partial charge in [0.15, 0.2) is 0 Å². The zero-order valence-corrected chi connectivity index (χ0v) is 12.5. The van der Waals surface area contributed by atoms with Gasteiger partial charge in [0.1, 0.15) is 0 Å². The maximum atomic E-state index is 12.6. The number of methoxy groups -OCH3 is 1. The molecule has 0 aromatic carbocycles. The second-order valence-electron chi connectivity index (χ2n) is 5.06. The lowest BCUT2D eigenvalue weighted by Crippen LogP contribution is -2.47. The molecule has 0 atom stereocenters. The summed E-state index contributed by atoms with van der Waals surface area (Å²) < 4.78 is 5.02. The Morgan fingerprint density at radius 3 is 2.22 bits per heavy atom. The molecule has 0 aromatic rings. The van der Waals surface area contributed by atoms with Crippen LogP contribution >= 0.6 is 0 Å². The summed E-state index contributed by atoms with van der Waals surface area (Å²) in [6.07, 6.45) is 4.62. The molecule has 0 aromatic heterocycles. The summed E-state index contributed by atoms with van der Waals surface area (Å²) in [5.74, 6) is 0.199. The minimum absolute atomic E-state index is 0.199. The van der Waals surface area contributed by atoms with Crippen LogP contribution in [-0.4, -0.2) is 44.7 Å². The highest BCUT2D eigenvalue weighted by Gasteiger charge is 2.37. The Morgan fingerprint density at radius 1 is 1.28 bits per heavy atom. The molecule has 4 nitrogen and oxygen atoms in total. The zero-order chi connectivity index (χ0) is 14.0. The van der Waals surface area contributed by atoms with Gasteiger partial charge in [-0.05, 0) is 19.3 Å². The van der Waals surface area contributed by atoms with Gasteiger partial charge in [-0.2, -0.15) is 0 Å². The summed E-state index contributed by atoms with van der Waals surface area (Å²) >= 11 is 0. The lowest BCUT2D eigenvalue weighted by molar-refractivity contribution is -0.141. The first kappa shape index (κ1) is 17.4. The number of carbonyl (C=O) groups is 1. The fraction of sp³-hybridized carbons (Fsp3) is 0.929. The molecule has 108 valence electrons. The molecule has 0 aliphatic heterocycles. The molecule has 0 aliphatic carbocycles. The average Bonchev–Trinajstić information content (AvgIpc) is 2.37. The van der Waals surface area contributed by atoms with Crippen LogP contribution in [0.1, 0.15) is 46.0 Å². The molecule has 0 saturated carbocycles. The number of hydrogen-bond donors (Lipinski definition) is 1. The maximum Gasteiger partial charge on any atom is 0.229 e. The highest BCUT2D eigenvalue weighted by atomic mass is 16.5. The monoisotopic (exact) mass is 258 g/mol. The summed E-state index contributed by atoms with van der Waals surface area (Å²) in [6.45, 7) is 6.09. The van der Waals surface area contributed by atoms with E-state index in [2.05, 4.69) is 13.8 Å². The Labute approximate surface area is 112 Å². The highest BCUT2D eigenvalue weighted by Crippen LogP contribution is 2.30. The van der Waals surface area contributed by atoms with E-state index < -0.39 is 0 Å². The van der Waals surface area contributed by atoms with Gasteiger partial charge >= 0.3 is 0 Å². The molecule has 0 rings (SSSR count). The quantitative estimate of drug-likeness (QED) is 0.610. The fourth-order valence-electron chi connectivity index (χ4n) is 2.54. The van der Waals surface area contributed by atoms with E-state index in [0.717, 1.165) is 38.6 Å². The minimum Gasteiger partial charge on any atom is -0.385 e. The minimum atomic E-state index is -0.356. The molecule has 0 fully saturated rings. The van der Waals surface area contributed by atoms with Gasteiger partial charge in [-0.3, -0.25) is 4.79 Å². The normalized spacial score (nSPS) is 11.6. The van der Waals surface area contributed by atoms with Crippen molar-refractivity contribution in [1.29, 1.82) is 0 Å². The van der Waals surface area contributed by atoms with E-state index in [0.29, 0.717) is 13.2 Å². The first-order chi connectivity index (χ1) is 8.57. The molecule has 0 aliphatic rings. The number of carbonyl (C=O) groups excluding carboxylic acids is 1. The van der Waals surface area contributed by atoms with Crippen LogP contribution in [0, 0.1) is 5.41 Å². The van der Waals surface area contributed by atoms with Crippen LogP contribution in [0.25, 0.3) is 0 Å². The number of nitrogens with two attached hydrogens (primary N) is 1. The van der Waals surface area contributed by atoms with Crippen molar-refractivity contribution < 1.29 is 9.53 Å². The number of hydrogen-bond acceptors (Lipinski definition) is 3. The van der Waals surface area contributed by atoms with Crippen molar-refractivity contribution >= 4 is 5.91 Å². The van der Waals surface area contributed by atoms with Crippen molar-refractivity contribution in [3.63, 3.8) is 0 Å². The van der Waals surface area contributed by atoms with E-state index in [-0.39, 0.29) is 11.3 Å². The largest absolute Gasteiger partial charge is 0.385 e. The predicted molar refractivity (Wildman–Crippen MR) is 75.4 cm³/mol. The van der Waals surface area contributed by atoms with E-state index in [1.807, 2.05) is 11.9 Å². The molecule has 0 saturated heterocycles. The molecular weight excluding hydrogens is 228 g/mol. The number of rotatable bonds is 10. The van der Waals surface area contributed by atoms with Crippen LogP contribution in [-0.2, 0) is 9.53 Å². The van der Waals surface area contributed by atoms with Crippen molar-refractivity contribution in [2.24, 2.45) is 11.1 Å². The van der Waals surface area contributed by atoms with Gasteiger partial charge in [0.05, 0.1) is 5.41 Å². The topological polar surface area (TPSA) is 55.6 Å². The average molecular weight is 258 g/mol. The standard InChI is InChI=1S/C14H30N2O2/c1-5-8-14(12-15,9-6-2)13(17)16(3)10-7-11-18-4/h5-12,15H2,1-4H3. The van der Waals surface area contributed by atoms with Gasteiger partial charge in [0, 0.05) is 33.9 Å². The predicted octanol–water partition coefficient (Wildman–Crippen LogP) is 2.03. The molecule has 0 bridgehead atoms. The molecule has 18 heavy (non-hydrogen) atoms. The summed E-state index contributed by atoms with van der Waals surface area (Å²) in [6, 6.07) is 0. The van der Waals surface area contributed by atoms with E-state index in [4.69, 9.17) is 10.5 Å². The second kappa shape index (κ2) is 9.34. The molecule has 0 spiro atoms. The fourth-order valence-corrected chi connectivity index (χ4v) is 2.54. The second-order valence-corrected chi connectivity index (χ2v) is 5.06. The van der Waals surface area contributed by atoms with E-state index in [1.165, 1.54) is 0 Å². The molecule has 0 unspecified atom stereocenters. The van der Waals surface area contributed by atoms with Crippen LogP contribution in [0.5, 0.6) is 0 Å². The molecular formula is C14H30N2O2. The van der Waals surface area contributed by atoms with Crippen LogP contribution in [0.3, 0.4) is 0 Å². The van der Waals surface area contributed by atoms with Gasteiger partial charge in [0.2, 0.25) is 5.91 Å². The van der Waals surface area contributed by atoms with Crippen molar-refractivity contribution in [2.75, 3.05) is 33.9 Å². The Balaban J connectivity index is 4.61. The lowest BCUT2D eigenvalue weighted by atomic mass is 9.78. The molecule has 0 heterocycles. The summed E-state index contributed by atoms with van der Waals surface area (Å²) in [4.78, 5) is 14.4. The first-order valence-electron chi connectivity index (χ1n) is 7.02. The zero-order valence-electron chi connectivity index (χ0n) is 12.5. The molecule has 1 amide bonds. The Bertz CT molecular complexity index is 226. The van der Waals surface area contributed by atoms with E-state index in [9.17, 15) is 4.79 Å². The maximum absolute atomic E-state index is 12.6. The van der Waals surface area contributed by atoms with Gasteiger partial charge in [0.25, 0.3) is 0 Å². The summed E-state index contributed by atoms with van der Waals surface area (Å²) in [5, 5.41) is 0. The smallest absolute Gasteiger partial charge is 0.229 e. The van der Waals surface area contributed by atoms with Gasteiger partial charge in [-0.1, -0.05) is 26.7 Å². The SMILES string of the molecule is CCCC(CN)(CCC)C(=O)N(C)CCCOC. The third kappa shape index (κ3) is 4.94. The van der Waals surface area contributed by atoms with Crippen molar-refractivity contribution in [3.8, 4) is 0 Å². The summed E-state index contributed by atoms with van der Waals surface area (Å²) in [7, 11) is 3.55. The number of ether oxygens (including phenoxy) is 1. The van der Waals surface area contributed by atoms with Gasteiger partial charge < -0.3 is 15.4 Å². The molecule has 4 heteroatoms. The number of nitrogens with zero attached hydrogens (tertiary/aromatic N) is 1. The van der Waals surface area contributed by atoms with E-state index >= 15 is 0 Å². The van der Waals surface area contributed by atoms with Crippen LogP contribution < -0.4 is 5.73 Å². The summed E-state index contributed by atoms with van der Waals surface area (Å²) in [5.41, 5.74) is 5.55. The Morgan fingerprint density at radius 2 is 1.83 bits per heavy atom. The van der Waals surface area contributed by atoms with Crippen LogP contribution in [0.4, 0.5) is 0 Å². The Hall–Kier alpha value is -0.610. The third-order valence-corrected chi connectivity index (χ3v) is 3.49. The highest BCUT2D eigenvalue weighted by molar-refractivity contribution is 5.82. The van der Waals surface area contributed by atoms with Crippen LogP contribution in [0.2, 0.25) is 0 Å². The first-order valence-corrected chi connectivity index (χ1v) is 7.02. The van der Waals surface area contributed by atoms with Crippen molar-refractivity contribution in [3.05, 3.63) is 0 Å². The number of amides is 1. The van der Waals surface area contributed by atoms with E-state index in [1.54, 1.807) is 7.11 Å². The molecule has 2 N–H and O–H groups in total. The van der Waals surface area contributed by atoms with Crippen molar-refractivity contribution in [1.82, 2.24) is 4.90 Å². The van der Waals surface area contributed by atoms with Gasteiger partial charge in [-0.25, -0.2) is 0 Å². The van der Waals surface area contributed by atoms with Crippen LogP contribution in [0.15, 0.2) is 0 Å². The van der Waals surface area contributed by atoms with Crippen molar-refractivity contribution in [2.45, 2.75) is 46.0 Å². The van der Waals surface area contributed by atoms with Gasteiger partial charge in [-0.15, -0.1) is 0 Å². The molecule has 0 radical (unpaired) electrons. The Kier molecular flexibility index (Phi) is 9.02.